The number of anilines is 1. The van der Waals surface area contributed by atoms with Crippen LogP contribution in [0.15, 0.2) is 41.6 Å². The van der Waals surface area contributed by atoms with Crippen LogP contribution in [0.2, 0.25) is 10.0 Å². The third kappa shape index (κ3) is 2.82. The van der Waals surface area contributed by atoms with E-state index in [2.05, 4.69) is 6.58 Å². The molecule has 2 rings (SSSR count). The topological polar surface area (TPSA) is 54.1 Å². The first kappa shape index (κ1) is 16.4. The van der Waals surface area contributed by atoms with E-state index in [9.17, 15) is 10.5 Å². The predicted octanol–water partition coefficient (Wildman–Crippen LogP) is 3.60. The molecule has 1 atom stereocenters. The molecule has 1 aliphatic heterocycles. The molecule has 0 aliphatic carbocycles. The molecular formula is C16H14Cl2N4. The summed E-state index contributed by atoms with van der Waals surface area (Å²) in [6.07, 6.45) is 0. The van der Waals surface area contributed by atoms with Crippen molar-refractivity contribution in [2.45, 2.75) is 6.04 Å². The fourth-order valence-electron chi connectivity index (χ4n) is 2.53. The summed E-state index contributed by atoms with van der Waals surface area (Å²) < 4.78 is 0. The van der Waals surface area contributed by atoms with Gasteiger partial charge in [0, 0.05) is 22.8 Å². The highest BCUT2D eigenvalue weighted by atomic mass is 35.5. The molecular weight excluding hydrogens is 319 g/mol. The molecule has 0 bridgehead atoms. The second-order valence-corrected chi connectivity index (χ2v) is 5.99. The molecule has 0 spiro atoms. The van der Waals surface area contributed by atoms with Gasteiger partial charge in [0.15, 0.2) is 0 Å². The Morgan fingerprint density at radius 2 is 1.95 bits per heavy atom. The third-order valence-electron chi connectivity index (χ3n) is 3.64. The number of hydrogen-bond donors (Lipinski definition) is 0. The maximum atomic E-state index is 9.20. The van der Waals surface area contributed by atoms with E-state index in [1.807, 2.05) is 42.1 Å². The van der Waals surface area contributed by atoms with Crippen molar-refractivity contribution in [2.75, 3.05) is 25.5 Å². The Labute approximate surface area is 140 Å². The van der Waals surface area contributed by atoms with E-state index in [1.54, 1.807) is 12.1 Å². The number of nitriles is 2. The molecule has 0 amide bonds. The van der Waals surface area contributed by atoms with Crippen molar-refractivity contribution < 1.29 is 0 Å². The zero-order valence-corrected chi connectivity index (χ0v) is 13.8. The van der Waals surface area contributed by atoms with Gasteiger partial charge in [-0.05, 0) is 32.3 Å². The number of rotatable bonds is 2. The van der Waals surface area contributed by atoms with Crippen LogP contribution in [0.1, 0.15) is 0 Å². The highest BCUT2D eigenvalue weighted by molar-refractivity contribution is 6.36. The Hall–Kier alpha value is -1.98. The number of halogens is 2. The lowest BCUT2D eigenvalue weighted by molar-refractivity contribution is 0.351. The lowest BCUT2D eigenvalue weighted by Gasteiger charge is -2.22. The van der Waals surface area contributed by atoms with Gasteiger partial charge in [-0.15, -0.1) is 0 Å². The van der Waals surface area contributed by atoms with Crippen molar-refractivity contribution in [3.05, 3.63) is 51.7 Å². The largest absolute Gasteiger partial charge is 0.338 e. The number of allylic oxidation sites excluding steroid dienone is 1. The SMILES string of the molecule is C=C1C(=C(C#N)C#N)C(N(C)C)CN1c1ccc(Cl)cc1Cl. The van der Waals surface area contributed by atoms with Crippen molar-refractivity contribution in [2.24, 2.45) is 0 Å². The van der Waals surface area contributed by atoms with Crippen LogP contribution in [0, 0.1) is 22.7 Å². The molecule has 1 aromatic rings. The van der Waals surface area contributed by atoms with Crippen LogP contribution in [-0.4, -0.2) is 31.6 Å². The van der Waals surface area contributed by atoms with Crippen LogP contribution in [0.25, 0.3) is 0 Å². The lowest BCUT2D eigenvalue weighted by atomic mass is 10.0. The van der Waals surface area contributed by atoms with E-state index >= 15 is 0 Å². The Morgan fingerprint density at radius 1 is 1.32 bits per heavy atom. The van der Waals surface area contributed by atoms with Gasteiger partial charge in [0.25, 0.3) is 0 Å². The van der Waals surface area contributed by atoms with E-state index in [0.29, 0.717) is 27.9 Å². The maximum Gasteiger partial charge on any atom is 0.136 e. The summed E-state index contributed by atoms with van der Waals surface area (Å²) in [5, 5.41) is 19.5. The molecule has 1 unspecified atom stereocenters. The molecule has 1 saturated heterocycles. The molecule has 4 nitrogen and oxygen atoms in total. The molecule has 1 aliphatic rings. The Kier molecular flexibility index (Phi) is 4.78. The van der Waals surface area contributed by atoms with Crippen LogP contribution in [0.4, 0.5) is 5.69 Å². The first-order valence-corrected chi connectivity index (χ1v) is 7.29. The van der Waals surface area contributed by atoms with Gasteiger partial charge in [-0.1, -0.05) is 29.8 Å². The second-order valence-electron chi connectivity index (χ2n) is 5.14. The van der Waals surface area contributed by atoms with Gasteiger partial charge < -0.3 is 9.80 Å². The van der Waals surface area contributed by atoms with Crippen molar-refractivity contribution >= 4 is 28.9 Å². The number of likely N-dealkylation sites (N-methyl/N-ethyl adjacent to an activating group) is 1. The Bertz CT molecular complexity index is 721. The van der Waals surface area contributed by atoms with Crippen molar-refractivity contribution in [3.63, 3.8) is 0 Å². The summed E-state index contributed by atoms with van der Waals surface area (Å²) in [6, 6.07) is 9.02. The van der Waals surface area contributed by atoms with Gasteiger partial charge in [-0.2, -0.15) is 10.5 Å². The van der Waals surface area contributed by atoms with Gasteiger partial charge in [0.1, 0.15) is 17.7 Å². The minimum Gasteiger partial charge on any atom is -0.338 e. The van der Waals surface area contributed by atoms with E-state index in [1.165, 1.54) is 0 Å². The van der Waals surface area contributed by atoms with Gasteiger partial charge >= 0.3 is 0 Å². The number of nitrogens with zero attached hydrogens (tertiary/aromatic N) is 4. The summed E-state index contributed by atoms with van der Waals surface area (Å²) in [6.45, 7) is 4.62. The molecule has 1 heterocycles. The monoisotopic (exact) mass is 332 g/mol. The molecule has 0 saturated carbocycles. The van der Waals surface area contributed by atoms with Crippen molar-refractivity contribution in [1.82, 2.24) is 4.90 Å². The predicted molar refractivity (Wildman–Crippen MR) is 88.7 cm³/mol. The van der Waals surface area contributed by atoms with Crippen molar-refractivity contribution in [3.8, 4) is 12.1 Å². The highest BCUT2D eigenvalue weighted by Crippen LogP contribution is 2.39. The number of hydrogen-bond acceptors (Lipinski definition) is 4. The average Bonchev–Trinajstić information content (AvgIpc) is 2.79. The van der Waals surface area contributed by atoms with Gasteiger partial charge in [0.05, 0.1) is 16.8 Å². The fourth-order valence-corrected chi connectivity index (χ4v) is 3.04. The highest BCUT2D eigenvalue weighted by Gasteiger charge is 2.36. The summed E-state index contributed by atoms with van der Waals surface area (Å²) in [7, 11) is 3.80. The van der Waals surface area contributed by atoms with Gasteiger partial charge in [-0.3, -0.25) is 0 Å². The van der Waals surface area contributed by atoms with Crippen LogP contribution in [-0.2, 0) is 0 Å². The minimum absolute atomic E-state index is 0.0799. The van der Waals surface area contributed by atoms with Crippen LogP contribution < -0.4 is 4.90 Å². The van der Waals surface area contributed by atoms with E-state index in [-0.39, 0.29) is 11.6 Å². The van der Waals surface area contributed by atoms with Crippen molar-refractivity contribution in [1.29, 1.82) is 10.5 Å². The minimum atomic E-state index is -0.103. The Morgan fingerprint density at radius 3 is 2.45 bits per heavy atom. The van der Waals surface area contributed by atoms with Gasteiger partial charge in [-0.25, -0.2) is 0 Å². The summed E-state index contributed by atoms with van der Waals surface area (Å²) >= 11 is 12.2. The fraction of sp³-hybridized carbons (Fsp3) is 0.250. The smallest absolute Gasteiger partial charge is 0.136 e. The Balaban J connectivity index is 2.55. The molecule has 1 aromatic carbocycles. The quantitative estimate of drug-likeness (QED) is 0.776. The van der Waals surface area contributed by atoms with E-state index < -0.39 is 0 Å². The molecule has 112 valence electrons. The maximum absolute atomic E-state index is 9.20. The second kappa shape index (κ2) is 6.42. The average molecular weight is 333 g/mol. The summed E-state index contributed by atoms with van der Waals surface area (Å²) in [5.41, 5.74) is 2.09. The lowest BCUT2D eigenvalue weighted by Crippen LogP contribution is -2.32. The normalized spacial score (nSPS) is 17.6. The number of benzene rings is 1. The molecule has 0 radical (unpaired) electrons. The summed E-state index contributed by atoms with van der Waals surface area (Å²) in [4.78, 5) is 3.87. The molecule has 6 heteroatoms. The summed E-state index contributed by atoms with van der Waals surface area (Å²) in [5.74, 6) is 0. The zero-order valence-electron chi connectivity index (χ0n) is 12.3. The zero-order chi connectivity index (χ0) is 16.4. The van der Waals surface area contributed by atoms with Crippen LogP contribution >= 0.6 is 23.2 Å². The molecule has 0 aromatic heterocycles. The van der Waals surface area contributed by atoms with E-state index in [4.69, 9.17) is 23.2 Å². The van der Waals surface area contributed by atoms with Crippen LogP contribution in [0.5, 0.6) is 0 Å². The first-order chi connectivity index (χ1) is 10.4. The van der Waals surface area contributed by atoms with E-state index in [0.717, 1.165) is 5.69 Å². The van der Waals surface area contributed by atoms with Gasteiger partial charge in [0.2, 0.25) is 0 Å². The standard InChI is InChI=1S/C16H14Cl2N4/c1-10-16(11(7-19)8-20)15(21(2)3)9-22(10)14-5-4-12(17)6-13(14)18/h4-6,15H,1,9H2,2-3H3. The third-order valence-corrected chi connectivity index (χ3v) is 4.18. The molecule has 1 fully saturated rings. The first-order valence-electron chi connectivity index (χ1n) is 6.53. The molecule has 22 heavy (non-hydrogen) atoms. The molecule has 0 N–H and O–H groups in total. The van der Waals surface area contributed by atoms with Crippen LogP contribution in [0.3, 0.4) is 0 Å².